The van der Waals surface area contributed by atoms with Gasteiger partial charge in [0.05, 0.1) is 0 Å². The summed E-state index contributed by atoms with van der Waals surface area (Å²) in [5, 5.41) is 12.2. The lowest BCUT2D eigenvalue weighted by molar-refractivity contribution is 0.0697. The van der Waals surface area contributed by atoms with Crippen LogP contribution in [0.15, 0.2) is 16.7 Å². The molecule has 2 N–H and O–H groups in total. The second-order valence-electron chi connectivity index (χ2n) is 4.92. The number of nitrogens with one attached hydrogen (secondary N) is 1. The minimum Gasteiger partial charge on any atom is -0.478 e. The molecule has 0 saturated heterocycles. The summed E-state index contributed by atoms with van der Waals surface area (Å²) in [6.07, 6.45) is 1.58. The molecule has 0 saturated carbocycles. The average Bonchev–Trinajstić information content (AvgIpc) is 2.27. The molecule has 0 fully saturated rings. The number of rotatable bonds is 5. The molecule has 1 aromatic heterocycles. The van der Waals surface area contributed by atoms with Crippen LogP contribution < -0.4 is 5.32 Å². The third kappa shape index (κ3) is 3.68. The number of nitrogens with zero attached hydrogens (tertiary/aromatic N) is 2. The van der Waals surface area contributed by atoms with E-state index in [4.69, 9.17) is 5.11 Å². The van der Waals surface area contributed by atoms with Gasteiger partial charge in [0.2, 0.25) is 0 Å². The van der Waals surface area contributed by atoms with Gasteiger partial charge in [0.15, 0.2) is 0 Å². The van der Waals surface area contributed by atoms with Gasteiger partial charge in [-0.05, 0) is 49.9 Å². The van der Waals surface area contributed by atoms with Crippen molar-refractivity contribution in [3.8, 4) is 0 Å². The van der Waals surface area contributed by atoms with Crippen LogP contribution in [0.5, 0.6) is 0 Å². The van der Waals surface area contributed by atoms with E-state index >= 15 is 0 Å². The first-order chi connectivity index (χ1) is 8.24. The molecule has 1 rings (SSSR count). The second kappa shape index (κ2) is 5.67. The molecule has 1 heterocycles. The van der Waals surface area contributed by atoms with Crippen molar-refractivity contribution in [3.05, 3.63) is 22.3 Å². The third-order valence-corrected chi connectivity index (χ3v) is 3.42. The first kappa shape index (κ1) is 14.9. The highest BCUT2D eigenvalue weighted by atomic mass is 79.9. The normalized spacial score (nSPS) is 11.7. The standard InChI is InChI=1S/C12H18BrN3O2/c1-12(2,16(3)4)7-15-10-9(11(17)18)5-8(13)6-14-10/h5-6H,7H2,1-4H3,(H,14,15)(H,17,18). The minimum atomic E-state index is -0.992. The van der Waals surface area contributed by atoms with Crippen LogP contribution in [0.3, 0.4) is 0 Å². The number of pyridine rings is 1. The Morgan fingerprint density at radius 2 is 2.17 bits per heavy atom. The molecule has 0 bridgehead atoms. The predicted octanol–water partition coefficient (Wildman–Crippen LogP) is 2.29. The quantitative estimate of drug-likeness (QED) is 0.872. The average molecular weight is 316 g/mol. The topological polar surface area (TPSA) is 65.5 Å². The molecule has 18 heavy (non-hydrogen) atoms. The zero-order chi connectivity index (χ0) is 13.9. The van der Waals surface area contributed by atoms with E-state index in [1.165, 1.54) is 0 Å². The number of anilines is 1. The van der Waals surface area contributed by atoms with Gasteiger partial charge in [-0.3, -0.25) is 0 Å². The number of hydrogen-bond donors (Lipinski definition) is 2. The number of halogens is 1. The van der Waals surface area contributed by atoms with E-state index in [0.29, 0.717) is 16.8 Å². The molecule has 0 aliphatic heterocycles. The molecule has 0 aromatic carbocycles. The van der Waals surface area contributed by atoms with E-state index in [-0.39, 0.29) is 11.1 Å². The SMILES string of the molecule is CN(C)C(C)(C)CNc1ncc(Br)cc1C(=O)O. The molecule has 0 unspecified atom stereocenters. The van der Waals surface area contributed by atoms with Gasteiger partial charge in [-0.25, -0.2) is 9.78 Å². The summed E-state index contributed by atoms with van der Waals surface area (Å²) >= 11 is 3.22. The fraction of sp³-hybridized carbons (Fsp3) is 0.500. The monoisotopic (exact) mass is 315 g/mol. The first-order valence-corrected chi connectivity index (χ1v) is 6.33. The molecular formula is C12H18BrN3O2. The van der Waals surface area contributed by atoms with Crippen molar-refractivity contribution in [3.63, 3.8) is 0 Å². The van der Waals surface area contributed by atoms with E-state index in [0.717, 1.165) is 0 Å². The van der Waals surface area contributed by atoms with Crippen molar-refractivity contribution in [1.29, 1.82) is 0 Å². The Kier molecular flexibility index (Phi) is 4.70. The molecule has 0 aliphatic carbocycles. The maximum atomic E-state index is 11.1. The van der Waals surface area contributed by atoms with Gasteiger partial charge in [-0.1, -0.05) is 0 Å². The van der Waals surface area contributed by atoms with Crippen molar-refractivity contribution < 1.29 is 9.90 Å². The van der Waals surface area contributed by atoms with Crippen LogP contribution >= 0.6 is 15.9 Å². The van der Waals surface area contributed by atoms with Gasteiger partial charge in [-0.15, -0.1) is 0 Å². The van der Waals surface area contributed by atoms with Crippen LogP contribution in [0.4, 0.5) is 5.82 Å². The Morgan fingerprint density at radius 3 is 2.67 bits per heavy atom. The highest BCUT2D eigenvalue weighted by Crippen LogP contribution is 2.19. The van der Waals surface area contributed by atoms with Crippen molar-refractivity contribution in [1.82, 2.24) is 9.88 Å². The Morgan fingerprint density at radius 1 is 1.56 bits per heavy atom. The predicted molar refractivity (Wildman–Crippen MR) is 75.2 cm³/mol. The van der Waals surface area contributed by atoms with Crippen molar-refractivity contribution in [2.75, 3.05) is 26.0 Å². The first-order valence-electron chi connectivity index (χ1n) is 5.54. The molecule has 100 valence electrons. The van der Waals surface area contributed by atoms with Crippen LogP contribution in [0, 0.1) is 0 Å². The summed E-state index contributed by atoms with van der Waals surface area (Å²) in [6, 6.07) is 1.54. The number of carbonyl (C=O) groups is 1. The number of carboxylic acids is 1. The Balaban J connectivity index is 2.89. The second-order valence-corrected chi connectivity index (χ2v) is 5.83. The van der Waals surface area contributed by atoms with Gasteiger partial charge < -0.3 is 15.3 Å². The lowest BCUT2D eigenvalue weighted by Crippen LogP contribution is -2.44. The van der Waals surface area contributed by atoms with Gasteiger partial charge >= 0.3 is 5.97 Å². The largest absolute Gasteiger partial charge is 0.478 e. The number of carboxylic acid groups (broad SMARTS) is 1. The van der Waals surface area contributed by atoms with Gasteiger partial charge in [0.1, 0.15) is 11.4 Å². The molecule has 5 nitrogen and oxygen atoms in total. The van der Waals surface area contributed by atoms with Crippen LogP contribution in [0.2, 0.25) is 0 Å². The molecule has 1 aromatic rings. The van der Waals surface area contributed by atoms with E-state index in [9.17, 15) is 4.79 Å². The summed E-state index contributed by atoms with van der Waals surface area (Å²) in [5.74, 6) is -0.602. The summed E-state index contributed by atoms with van der Waals surface area (Å²) in [5.41, 5.74) is 0.0729. The highest BCUT2D eigenvalue weighted by molar-refractivity contribution is 9.10. The lowest BCUT2D eigenvalue weighted by Gasteiger charge is -2.33. The molecule has 0 spiro atoms. The van der Waals surface area contributed by atoms with E-state index in [2.05, 4.69) is 45.0 Å². The molecule has 0 aliphatic rings. The summed E-state index contributed by atoms with van der Waals surface area (Å²) < 4.78 is 0.650. The smallest absolute Gasteiger partial charge is 0.339 e. The Bertz CT molecular complexity index is 447. The van der Waals surface area contributed by atoms with Crippen LogP contribution in [-0.2, 0) is 0 Å². The summed E-state index contributed by atoms with van der Waals surface area (Å²) in [7, 11) is 3.96. The number of likely N-dealkylation sites (N-methyl/N-ethyl adjacent to an activating group) is 1. The zero-order valence-corrected chi connectivity index (χ0v) is 12.6. The molecule has 0 atom stereocenters. The number of aromatic nitrogens is 1. The minimum absolute atomic E-state index is 0.0927. The maximum Gasteiger partial charge on any atom is 0.339 e. The molecular weight excluding hydrogens is 298 g/mol. The van der Waals surface area contributed by atoms with Crippen molar-refractivity contribution >= 4 is 27.7 Å². The molecule has 0 radical (unpaired) electrons. The van der Waals surface area contributed by atoms with Crippen LogP contribution in [0.25, 0.3) is 0 Å². The third-order valence-electron chi connectivity index (χ3n) is 2.98. The van der Waals surface area contributed by atoms with Crippen LogP contribution in [0.1, 0.15) is 24.2 Å². The summed E-state index contributed by atoms with van der Waals surface area (Å²) in [4.78, 5) is 17.3. The van der Waals surface area contributed by atoms with E-state index < -0.39 is 5.97 Å². The lowest BCUT2D eigenvalue weighted by atomic mass is 10.0. The maximum absolute atomic E-state index is 11.1. The Labute approximate surface area is 115 Å². The van der Waals surface area contributed by atoms with Gasteiger partial charge in [-0.2, -0.15) is 0 Å². The van der Waals surface area contributed by atoms with Gasteiger partial charge in [0.25, 0.3) is 0 Å². The van der Waals surface area contributed by atoms with Crippen molar-refractivity contribution in [2.45, 2.75) is 19.4 Å². The van der Waals surface area contributed by atoms with E-state index in [1.54, 1.807) is 12.3 Å². The fourth-order valence-corrected chi connectivity index (χ4v) is 1.53. The zero-order valence-electron chi connectivity index (χ0n) is 11.0. The summed E-state index contributed by atoms with van der Waals surface area (Å²) in [6.45, 7) is 4.74. The highest BCUT2D eigenvalue weighted by Gasteiger charge is 2.21. The van der Waals surface area contributed by atoms with Crippen molar-refractivity contribution in [2.24, 2.45) is 0 Å². The van der Waals surface area contributed by atoms with Gasteiger partial charge in [0, 0.05) is 22.8 Å². The molecule has 6 heteroatoms. The fourth-order valence-electron chi connectivity index (χ4n) is 1.20. The number of aromatic carboxylic acids is 1. The Hall–Kier alpha value is -1.14. The van der Waals surface area contributed by atoms with Crippen LogP contribution in [-0.4, -0.2) is 47.1 Å². The number of hydrogen-bond acceptors (Lipinski definition) is 4. The molecule has 0 amide bonds. The van der Waals surface area contributed by atoms with E-state index in [1.807, 2.05) is 14.1 Å².